The number of carbonyl (C=O) groups excluding carboxylic acids is 1. The Labute approximate surface area is 111 Å². The fourth-order valence-electron chi connectivity index (χ4n) is 2.37. The molecule has 1 saturated carbocycles. The molecule has 0 aromatic carbocycles. The van der Waals surface area contributed by atoms with Gasteiger partial charge in [0.15, 0.2) is 0 Å². The molecule has 1 aliphatic carbocycles. The molecule has 5 heteroatoms. The minimum atomic E-state index is -0.689. The Balaban J connectivity index is 1.77. The van der Waals surface area contributed by atoms with Crippen LogP contribution < -0.4 is 5.32 Å². The lowest BCUT2D eigenvalue weighted by molar-refractivity contribution is -0.122. The zero-order valence-corrected chi connectivity index (χ0v) is 11.6. The van der Waals surface area contributed by atoms with Crippen LogP contribution in [0.3, 0.4) is 0 Å². The quantitative estimate of drug-likeness (QED) is 0.875. The molecule has 0 unspecified atom stereocenters. The van der Waals surface area contributed by atoms with E-state index >= 15 is 0 Å². The molecule has 1 fully saturated rings. The molecule has 1 aliphatic rings. The fraction of sp³-hybridized carbons (Fsp3) is 0.692. The largest absolute Gasteiger partial charge is 0.388 e. The van der Waals surface area contributed by atoms with Gasteiger partial charge in [-0.2, -0.15) is 0 Å². The highest BCUT2D eigenvalue weighted by Gasteiger charge is 2.29. The average molecular weight is 268 g/mol. The standard InChI is InChI=1S/C13H20N2O2S/c1-10-15-11(8-18-10)7-12(16)14-9-13(17)5-3-2-4-6-13/h8,17H,2-7,9H2,1H3,(H,14,16). The van der Waals surface area contributed by atoms with Crippen LogP contribution in [-0.2, 0) is 11.2 Å². The summed E-state index contributed by atoms with van der Waals surface area (Å²) >= 11 is 1.55. The molecule has 0 saturated heterocycles. The number of aliphatic hydroxyl groups is 1. The first-order chi connectivity index (χ1) is 8.57. The first kappa shape index (κ1) is 13.5. The second-order valence-corrected chi connectivity index (χ2v) is 6.16. The Morgan fingerprint density at radius 1 is 1.50 bits per heavy atom. The van der Waals surface area contributed by atoms with E-state index in [0.29, 0.717) is 13.0 Å². The number of aromatic nitrogens is 1. The Bertz CT molecular complexity index is 411. The SMILES string of the molecule is Cc1nc(CC(=O)NCC2(O)CCCCC2)cs1. The van der Waals surface area contributed by atoms with Crippen LogP contribution in [0.1, 0.15) is 42.8 Å². The third-order valence-electron chi connectivity index (χ3n) is 3.41. The highest BCUT2D eigenvalue weighted by Crippen LogP contribution is 2.27. The van der Waals surface area contributed by atoms with Gasteiger partial charge in [0.25, 0.3) is 0 Å². The van der Waals surface area contributed by atoms with E-state index in [0.717, 1.165) is 36.4 Å². The van der Waals surface area contributed by atoms with Crippen LogP contribution in [0.2, 0.25) is 0 Å². The molecule has 18 heavy (non-hydrogen) atoms. The number of nitrogens with zero attached hydrogens (tertiary/aromatic N) is 1. The van der Waals surface area contributed by atoms with Gasteiger partial charge in [-0.3, -0.25) is 4.79 Å². The van der Waals surface area contributed by atoms with Gasteiger partial charge in [0.2, 0.25) is 5.91 Å². The van der Waals surface area contributed by atoms with Crippen molar-refractivity contribution in [2.75, 3.05) is 6.54 Å². The topological polar surface area (TPSA) is 62.2 Å². The number of nitrogens with one attached hydrogen (secondary N) is 1. The first-order valence-corrected chi connectivity index (χ1v) is 7.35. The van der Waals surface area contributed by atoms with Crippen molar-refractivity contribution in [3.05, 3.63) is 16.1 Å². The fourth-order valence-corrected chi connectivity index (χ4v) is 2.98. The molecule has 1 aromatic heterocycles. The van der Waals surface area contributed by atoms with Gasteiger partial charge in [-0.25, -0.2) is 4.98 Å². The molecule has 1 amide bonds. The summed E-state index contributed by atoms with van der Waals surface area (Å²) in [7, 11) is 0. The Kier molecular flexibility index (Phi) is 4.35. The van der Waals surface area contributed by atoms with Crippen LogP contribution in [0.5, 0.6) is 0 Å². The van der Waals surface area contributed by atoms with Gasteiger partial charge in [0.05, 0.1) is 22.7 Å². The van der Waals surface area contributed by atoms with E-state index in [4.69, 9.17) is 0 Å². The predicted octanol–water partition coefficient (Wildman–Crippen LogP) is 1.81. The number of thiazole rings is 1. The Hall–Kier alpha value is -0.940. The van der Waals surface area contributed by atoms with Gasteiger partial charge >= 0.3 is 0 Å². The van der Waals surface area contributed by atoms with Crippen LogP contribution in [0.4, 0.5) is 0 Å². The summed E-state index contributed by atoms with van der Waals surface area (Å²) in [6.07, 6.45) is 5.19. The summed E-state index contributed by atoms with van der Waals surface area (Å²) in [4.78, 5) is 16.0. The zero-order valence-electron chi connectivity index (χ0n) is 10.7. The predicted molar refractivity (Wildman–Crippen MR) is 71.6 cm³/mol. The van der Waals surface area contributed by atoms with Crippen molar-refractivity contribution in [2.45, 2.75) is 51.0 Å². The van der Waals surface area contributed by atoms with E-state index < -0.39 is 5.60 Å². The molecule has 2 N–H and O–H groups in total. The second-order valence-electron chi connectivity index (χ2n) is 5.10. The number of amides is 1. The van der Waals surface area contributed by atoms with Gasteiger partial charge in [0, 0.05) is 11.9 Å². The number of hydrogen-bond donors (Lipinski definition) is 2. The Morgan fingerprint density at radius 3 is 2.83 bits per heavy atom. The summed E-state index contributed by atoms with van der Waals surface area (Å²) < 4.78 is 0. The van der Waals surface area contributed by atoms with E-state index in [1.807, 2.05) is 12.3 Å². The van der Waals surface area contributed by atoms with E-state index in [1.165, 1.54) is 6.42 Å². The Morgan fingerprint density at radius 2 is 2.22 bits per heavy atom. The third kappa shape index (κ3) is 3.78. The maximum atomic E-state index is 11.7. The molecule has 0 bridgehead atoms. The molecule has 1 heterocycles. The molecule has 0 aliphatic heterocycles. The van der Waals surface area contributed by atoms with Gasteiger partial charge in [-0.05, 0) is 19.8 Å². The normalized spacial score (nSPS) is 18.6. The summed E-state index contributed by atoms with van der Waals surface area (Å²) in [5.74, 6) is -0.0562. The van der Waals surface area contributed by atoms with Crippen molar-refractivity contribution in [2.24, 2.45) is 0 Å². The molecular weight excluding hydrogens is 248 g/mol. The van der Waals surface area contributed by atoms with Crippen molar-refractivity contribution in [3.8, 4) is 0 Å². The molecule has 2 rings (SSSR count). The molecule has 1 aromatic rings. The first-order valence-electron chi connectivity index (χ1n) is 6.47. The number of rotatable bonds is 4. The van der Waals surface area contributed by atoms with Crippen LogP contribution >= 0.6 is 11.3 Å². The van der Waals surface area contributed by atoms with Crippen molar-refractivity contribution < 1.29 is 9.90 Å². The molecule has 0 spiro atoms. The van der Waals surface area contributed by atoms with Gasteiger partial charge in [-0.1, -0.05) is 19.3 Å². The van der Waals surface area contributed by atoms with E-state index in [-0.39, 0.29) is 5.91 Å². The highest BCUT2D eigenvalue weighted by molar-refractivity contribution is 7.09. The van der Waals surface area contributed by atoms with Crippen LogP contribution in [0, 0.1) is 6.92 Å². The summed E-state index contributed by atoms with van der Waals surface area (Å²) in [5, 5.41) is 16.0. The minimum absolute atomic E-state index is 0.0562. The second kappa shape index (κ2) is 5.80. The van der Waals surface area contributed by atoms with Crippen molar-refractivity contribution >= 4 is 17.2 Å². The van der Waals surface area contributed by atoms with Gasteiger partial charge < -0.3 is 10.4 Å². The van der Waals surface area contributed by atoms with E-state index in [9.17, 15) is 9.90 Å². The third-order valence-corrected chi connectivity index (χ3v) is 4.23. The zero-order chi connectivity index (χ0) is 13.0. The molecule has 0 atom stereocenters. The molecular formula is C13H20N2O2S. The number of carbonyl (C=O) groups is 1. The summed E-state index contributed by atoms with van der Waals surface area (Å²) in [5.41, 5.74) is 0.122. The summed E-state index contributed by atoms with van der Waals surface area (Å²) in [6.45, 7) is 2.30. The van der Waals surface area contributed by atoms with Crippen LogP contribution in [0.15, 0.2) is 5.38 Å². The van der Waals surface area contributed by atoms with E-state index in [1.54, 1.807) is 11.3 Å². The van der Waals surface area contributed by atoms with Gasteiger partial charge in [0.1, 0.15) is 0 Å². The summed E-state index contributed by atoms with van der Waals surface area (Å²) in [6, 6.07) is 0. The highest BCUT2D eigenvalue weighted by atomic mass is 32.1. The lowest BCUT2D eigenvalue weighted by atomic mass is 9.85. The smallest absolute Gasteiger partial charge is 0.226 e. The van der Waals surface area contributed by atoms with Crippen LogP contribution in [-0.4, -0.2) is 28.1 Å². The lowest BCUT2D eigenvalue weighted by Crippen LogP contribution is -2.44. The maximum Gasteiger partial charge on any atom is 0.226 e. The van der Waals surface area contributed by atoms with Gasteiger partial charge in [-0.15, -0.1) is 11.3 Å². The van der Waals surface area contributed by atoms with Crippen molar-refractivity contribution in [3.63, 3.8) is 0 Å². The minimum Gasteiger partial charge on any atom is -0.388 e. The average Bonchev–Trinajstić information content (AvgIpc) is 2.73. The van der Waals surface area contributed by atoms with Crippen molar-refractivity contribution in [1.82, 2.24) is 10.3 Å². The van der Waals surface area contributed by atoms with Crippen molar-refractivity contribution in [1.29, 1.82) is 0 Å². The molecule has 4 nitrogen and oxygen atoms in total. The number of hydrogen-bond acceptors (Lipinski definition) is 4. The monoisotopic (exact) mass is 268 g/mol. The van der Waals surface area contributed by atoms with Crippen LogP contribution in [0.25, 0.3) is 0 Å². The molecule has 100 valence electrons. The molecule has 0 radical (unpaired) electrons. The number of aryl methyl sites for hydroxylation is 1. The van der Waals surface area contributed by atoms with E-state index in [2.05, 4.69) is 10.3 Å². The lowest BCUT2D eigenvalue weighted by Gasteiger charge is -2.32. The maximum absolute atomic E-state index is 11.7.